The summed E-state index contributed by atoms with van der Waals surface area (Å²) < 4.78 is 11.1. The van der Waals surface area contributed by atoms with Crippen molar-refractivity contribution in [1.29, 1.82) is 5.26 Å². The Morgan fingerprint density at radius 2 is 1.93 bits per heavy atom. The molecule has 1 saturated heterocycles. The number of nitriles is 1. The van der Waals surface area contributed by atoms with E-state index in [2.05, 4.69) is 27.0 Å². The van der Waals surface area contributed by atoms with Crippen LogP contribution >= 0.6 is 11.6 Å². The summed E-state index contributed by atoms with van der Waals surface area (Å²) in [6, 6.07) is 11.0. The van der Waals surface area contributed by atoms with Gasteiger partial charge in [-0.1, -0.05) is 17.7 Å². The Morgan fingerprint density at radius 3 is 2.61 bits per heavy atom. The molecular weight excluding hydrogens is 544 g/mol. The van der Waals surface area contributed by atoms with Crippen LogP contribution in [-0.4, -0.2) is 71.1 Å². The standard InChI is InChI=1S/C30H39ClN6O4/c1-20(17-41-30(9-10-30)28(38)39)35-21-5-7-22(8-6-21)36-27-15-23(24(31)16-33-27)25-3-2-4-26(37-25)34-19-29(18-32)11-13-40-14-12-29/h2-4,15-16,20-22,35H,5-14,17,19H2,1H3,(H,33,36)(H,34,37)(H,38,39)/t20-,21-,22-/m1/s1. The van der Waals surface area contributed by atoms with E-state index in [-0.39, 0.29) is 6.04 Å². The number of anilines is 2. The molecule has 2 saturated carbocycles. The van der Waals surface area contributed by atoms with Gasteiger partial charge in [0.15, 0.2) is 5.60 Å². The third-order valence-corrected chi connectivity index (χ3v) is 8.78. The van der Waals surface area contributed by atoms with Crippen LogP contribution < -0.4 is 16.0 Å². The van der Waals surface area contributed by atoms with Gasteiger partial charge in [-0.25, -0.2) is 14.8 Å². The zero-order valence-corrected chi connectivity index (χ0v) is 24.3. The summed E-state index contributed by atoms with van der Waals surface area (Å²) in [7, 11) is 0. The van der Waals surface area contributed by atoms with Crippen molar-refractivity contribution in [3.63, 3.8) is 0 Å². The Hall–Kier alpha value is -2.97. The summed E-state index contributed by atoms with van der Waals surface area (Å²) in [6.07, 6.45) is 8.29. The number of hydrogen-bond acceptors (Lipinski definition) is 9. The van der Waals surface area contributed by atoms with Crippen LogP contribution in [0.15, 0.2) is 30.5 Å². The fraction of sp³-hybridized carbons (Fsp3) is 0.600. The molecule has 2 aromatic heterocycles. The third kappa shape index (κ3) is 7.46. The molecule has 3 fully saturated rings. The predicted octanol–water partition coefficient (Wildman–Crippen LogP) is 4.86. The summed E-state index contributed by atoms with van der Waals surface area (Å²) in [5.41, 5.74) is 0.151. The van der Waals surface area contributed by atoms with Gasteiger partial charge in [0.05, 0.1) is 28.8 Å². The molecule has 0 bridgehead atoms. The Kier molecular flexibility index (Phi) is 9.29. The van der Waals surface area contributed by atoms with Crippen LogP contribution in [0.3, 0.4) is 0 Å². The van der Waals surface area contributed by atoms with Crippen LogP contribution in [0.1, 0.15) is 58.3 Å². The van der Waals surface area contributed by atoms with Gasteiger partial charge in [0.1, 0.15) is 11.6 Å². The van der Waals surface area contributed by atoms with E-state index in [1.54, 1.807) is 6.20 Å². The van der Waals surface area contributed by atoms with Gasteiger partial charge in [0.2, 0.25) is 0 Å². The topological polar surface area (TPSA) is 141 Å². The average Bonchev–Trinajstić information content (AvgIpc) is 3.79. The lowest BCUT2D eigenvalue weighted by Gasteiger charge is -2.32. The molecular formula is C30H39ClN6O4. The third-order valence-electron chi connectivity index (χ3n) is 8.48. The second kappa shape index (κ2) is 12.9. The molecule has 0 radical (unpaired) electrons. The van der Waals surface area contributed by atoms with Crippen molar-refractivity contribution in [2.75, 3.05) is 37.0 Å². The van der Waals surface area contributed by atoms with Gasteiger partial charge >= 0.3 is 5.97 Å². The predicted molar refractivity (Wildman–Crippen MR) is 157 cm³/mol. The van der Waals surface area contributed by atoms with Gasteiger partial charge in [-0.15, -0.1) is 0 Å². The first-order chi connectivity index (χ1) is 19.8. The van der Waals surface area contributed by atoms with E-state index in [0.29, 0.717) is 75.0 Å². The normalized spacial score (nSPS) is 23.6. The van der Waals surface area contributed by atoms with E-state index >= 15 is 0 Å². The summed E-state index contributed by atoms with van der Waals surface area (Å²) in [5.74, 6) is 0.609. The van der Waals surface area contributed by atoms with Crippen molar-refractivity contribution in [1.82, 2.24) is 15.3 Å². The molecule has 10 nitrogen and oxygen atoms in total. The van der Waals surface area contributed by atoms with Crippen LogP contribution in [0.2, 0.25) is 5.02 Å². The summed E-state index contributed by atoms with van der Waals surface area (Å²) >= 11 is 6.55. The minimum Gasteiger partial charge on any atom is -0.479 e. The fourth-order valence-electron chi connectivity index (χ4n) is 5.63. The van der Waals surface area contributed by atoms with Crippen molar-refractivity contribution >= 4 is 29.2 Å². The molecule has 3 aliphatic rings. The Balaban J connectivity index is 1.13. The van der Waals surface area contributed by atoms with E-state index in [1.807, 2.05) is 31.2 Å². The molecule has 1 atom stereocenters. The highest BCUT2D eigenvalue weighted by atomic mass is 35.5. The molecule has 1 aliphatic heterocycles. The molecule has 2 aromatic rings. The van der Waals surface area contributed by atoms with Crippen molar-refractivity contribution in [2.45, 2.75) is 82.0 Å². The zero-order valence-electron chi connectivity index (χ0n) is 23.5. The second-order valence-electron chi connectivity index (χ2n) is 11.7. The van der Waals surface area contributed by atoms with Crippen LogP contribution in [0.5, 0.6) is 0 Å². The van der Waals surface area contributed by atoms with Crippen LogP contribution in [0.4, 0.5) is 11.6 Å². The van der Waals surface area contributed by atoms with E-state index in [4.69, 9.17) is 26.1 Å². The molecule has 2 aliphatic carbocycles. The molecule has 5 rings (SSSR count). The average molecular weight is 583 g/mol. The number of pyridine rings is 2. The number of aliphatic carboxylic acids is 1. The molecule has 0 amide bonds. The Labute approximate surface area is 246 Å². The van der Waals surface area contributed by atoms with Crippen LogP contribution in [0.25, 0.3) is 11.3 Å². The lowest BCUT2D eigenvalue weighted by atomic mass is 9.82. The number of carboxylic acid groups (broad SMARTS) is 1. The number of halogens is 1. The van der Waals surface area contributed by atoms with E-state index < -0.39 is 17.0 Å². The van der Waals surface area contributed by atoms with E-state index in [0.717, 1.165) is 42.8 Å². The SMILES string of the molecule is C[C@H](COC1(C(=O)O)CC1)N[C@H]1CC[C@H](Nc2cc(-c3cccc(NCC4(C#N)CCOCC4)n3)c(Cl)cn2)CC1. The highest BCUT2D eigenvalue weighted by Gasteiger charge is 2.52. The zero-order chi connectivity index (χ0) is 28.9. The molecule has 0 aromatic carbocycles. The monoisotopic (exact) mass is 582 g/mol. The minimum atomic E-state index is -0.944. The van der Waals surface area contributed by atoms with Gasteiger partial charge in [0.25, 0.3) is 0 Å². The lowest BCUT2D eigenvalue weighted by Crippen LogP contribution is -2.44. The molecule has 220 valence electrons. The number of aromatic nitrogens is 2. The van der Waals surface area contributed by atoms with E-state index in [1.165, 1.54) is 0 Å². The first-order valence-electron chi connectivity index (χ1n) is 14.6. The Bertz CT molecular complexity index is 1250. The lowest BCUT2D eigenvalue weighted by molar-refractivity contribution is -0.154. The summed E-state index contributed by atoms with van der Waals surface area (Å²) in [4.78, 5) is 20.6. The molecule has 3 heterocycles. The smallest absolute Gasteiger partial charge is 0.335 e. The first-order valence-corrected chi connectivity index (χ1v) is 14.9. The number of nitrogens with zero attached hydrogens (tertiary/aromatic N) is 3. The maximum Gasteiger partial charge on any atom is 0.335 e. The second-order valence-corrected chi connectivity index (χ2v) is 12.1. The van der Waals surface area contributed by atoms with Crippen molar-refractivity contribution in [3.05, 3.63) is 35.5 Å². The van der Waals surface area contributed by atoms with Crippen LogP contribution in [-0.2, 0) is 14.3 Å². The maximum atomic E-state index is 11.3. The van der Waals surface area contributed by atoms with Gasteiger partial charge in [-0.05, 0) is 76.5 Å². The van der Waals surface area contributed by atoms with Crippen molar-refractivity contribution < 1.29 is 19.4 Å². The Morgan fingerprint density at radius 1 is 1.20 bits per heavy atom. The van der Waals surface area contributed by atoms with Crippen molar-refractivity contribution in [2.24, 2.45) is 5.41 Å². The molecule has 4 N–H and O–H groups in total. The van der Waals surface area contributed by atoms with Gasteiger partial charge in [0, 0.05) is 49.6 Å². The fourth-order valence-corrected chi connectivity index (χ4v) is 5.83. The summed E-state index contributed by atoms with van der Waals surface area (Å²) in [5, 5.41) is 30.1. The number of nitrogens with one attached hydrogen (secondary N) is 3. The van der Waals surface area contributed by atoms with E-state index in [9.17, 15) is 15.2 Å². The number of hydrogen-bond donors (Lipinski definition) is 4. The summed E-state index contributed by atoms with van der Waals surface area (Å²) in [6.45, 7) is 4.18. The molecule has 0 unspecified atom stereocenters. The largest absolute Gasteiger partial charge is 0.479 e. The highest BCUT2D eigenvalue weighted by molar-refractivity contribution is 6.33. The first kappa shape index (κ1) is 29.5. The molecule has 11 heteroatoms. The van der Waals surface area contributed by atoms with Gasteiger partial charge in [-0.2, -0.15) is 5.26 Å². The number of carboxylic acids is 1. The van der Waals surface area contributed by atoms with Gasteiger partial charge < -0.3 is 30.5 Å². The quantitative estimate of drug-likeness (QED) is 0.274. The molecule has 41 heavy (non-hydrogen) atoms. The highest BCUT2D eigenvalue weighted by Crippen LogP contribution is 2.40. The van der Waals surface area contributed by atoms with Crippen LogP contribution in [0, 0.1) is 16.7 Å². The number of rotatable bonds is 12. The number of carbonyl (C=O) groups is 1. The maximum absolute atomic E-state index is 11.3. The van der Waals surface area contributed by atoms with Gasteiger partial charge in [-0.3, -0.25) is 0 Å². The minimum absolute atomic E-state index is 0.0988. The van der Waals surface area contributed by atoms with Crippen molar-refractivity contribution in [3.8, 4) is 17.3 Å². The number of ether oxygens (including phenoxy) is 2. The molecule has 0 spiro atoms.